The molecule has 0 bridgehead atoms. The number of imide groups is 2. The first-order valence-electron chi connectivity index (χ1n) is 25.3. The third kappa shape index (κ3) is 9.34. The van der Waals surface area contributed by atoms with Gasteiger partial charge in [0.1, 0.15) is 22.5 Å². The second-order valence-corrected chi connectivity index (χ2v) is 19.7. The fourth-order valence-electron chi connectivity index (χ4n) is 8.19. The minimum Gasteiger partial charge on any atom is -0.489 e. The Morgan fingerprint density at radius 2 is 1.57 bits per heavy atom. The van der Waals surface area contributed by atoms with E-state index in [1.165, 1.54) is 12.3 Å². The third-order valence-electron chi connectivity index (χ3n) is 11.6. The lowest BCUT2D eigenvalue weighted by Gasteiger charge is -2.40. The molecule has 0 aliphatic carbocycles. The van der Waals surface area contributed by atoms with Crippen molar-refractivity contribution < 1.29 is 56.5 Å². The SMILES string of the molecule is [2H]C1([2H])N(CC2CCN(c3cc(OC(C)C)c(Nc4ncc(Cl)c(Nc5ccccc5S(=O)(=O)C(C)C)n4)cc3C)CC2)C([2H])([2H])C([2H])([2H])N(c2c(F)c(F)c3c(c2F)C(=O)N(C2CCC(=O)NC2=O)C3=O)C1([2H])[2H]. The first-order chi connectivity index (χ1) is 34.9. The number of nitrogens with zero attached hydrogens (tertiary/aromatic N) is 6. The summed E-state index contributed by atoms with van der Waals surface area (Å²) in [6.45, 7) is -6.58. The van der Waals surface area contributed by atoms with Crippen molar-refractivity contribution in [3.05, 3.63) is 81.8 Å². The van der Waals surface area contributed by atoms with Gasteiger partial charge < -0.3 is 25.2 Å². The van der Waals surface area contributed by atoms with Crippen LogP contribution in [0.5, 0.6) is 5.75 Å². The standard InChI is InChI=1S/C46H51ClF3N9O7S/c1-24(2)66-33-21-32(26(5)20-30(33)53-46-51-22-28(47)42(55-46)52-29-8-6-7-9-34(29)67(64,65)25(3)4)57-14-12-27(13-15-57)23-56-16-18-58(19-17-56)41-39(49)37-36(38(48)40(41)50)44(62)59(45(37)63)31-10-11-35(60)54-43(31)61/h6-9,20-22,24-25,27,31H,10-19,23H2,1-5H3,(H,54,60,61)(H2,51,52,53,55)/i16D2,17D2,18D2,19D2. The third-order valence-corrected chi connectivity index (χ3v) is 14.1. The maximum Gasteiger partial charge on any atom is 0.265 e. The summed E-state index contributed by atoms with van der Waals surface area (Å²) < 4.78 is 153. The van der Waals surface area contributed by atoms with Crippen molar-refractivity contribution in [3.8, 4) is 5.75 Å². The van der Waals surface area contributed by atoms with Crippen molar-refractivity contribution in [1.82, 2.24) is 25.1 Å². The lowest BCUT2D eigenvalue weighted by Crippen LogP contribution is -2.54. The van der Waals surface area contributed by atoms with E-state index in [9.17, 15) is 27.6 Å². The normalized spacial score (nSPS) is 23.3. The minimum absolute atomic E-state index is 0.0598. The summed E-state index contributed by atoms with van der Waals surface area (Å²) in [5.74, 6) is -12.3. The molecule has 0 radical (unpaired) electrons. The summed E-state index contributed by atoms with van der Waals surface area (Å²) >= 11 is 6.48. The number of ether oxygens (including phenoxy) is 1. The van der Waals surface area contributed by atoms with Crippen molar-refractivity contribution in [2.75, 3.05) is 66.1 Å². The van der Waals surface area contributed by atoms with Crippen molar-refractivity contribution in [2.45, 2.75) is 82.6 Å². The molecule has 4 amide bonds. The highest BCUT2D eigenvalue weighted by Crippen LogP contribution is 2.40. The van der Waals surface area contributed by atoms with Crippen LogP contribution in [0.3, 0.4) is 0 Å². The maximum absolute atomic E-state index is 16.7. The van der Waals surface area contributed by atoms with Gasteiger partial charge in [0, 0.05) is 69.3 Å². The van der Waals surface area contributed by atoms with Gasteiger partial charge in [-0.15, -0.1) is 0 Å². The molecule has 5 heterocycles. The van der Waals surface area contributed by atoms with E-state index in [-0.39, 0.29) is 70.7 Å². The quantitative estimate of drug-likeness (QED) is 0.0944. The molecule has 21 heteroatoms. The predicted molar refractivity (Wildman–Crippen MR) is 246 cm³/mol. The molecule has 4 aromatic rings. The smallest absolute Gasteiger partial charge is 0.265 e. The van der Waals surface area contributed by atoms with E-state index in [1.54, 1.807) is 44.2 Å². The average molecular weight is 975 g/mol. The Morgan fingerprint density at radius 3 is 2.22 bits per heavy atom. The Labute approximate surface area is 402 Å². The van der Waals surface area contributed by atoms with E-state index in [1.807, 2.05) is 31.0 Å². The fraction of sp³-hybridized carbons (Fsp3) is 0.435. The van der Waals surface area contributed by atoms with Gasteiger partial charge in [-0.2, -0.15) is 4.98 Å². The second-order valence-electron chi connectivity index (χ2n) is 16.8. The van der Waals surface area contributed by atoms with Gasteiger partial charge in [-0.3, -0.25) is 34.3 Å². The molecule has 0 saturated carbocycles. The van der Waals surface area contributed by atoms with Crippen LogP contribution in [-0.2, 0) is 19.4 Å². The molecule has 3 saturated heterocycles. The number of anilines is 6. The number of piperidine rings is 2. The van der Waals surface area contributed by atoms with Crippen LogP contribution in [0.25, 0.3) is 0 Å². The van der Waals surface area contributed by atoms with Crippen LogP contribution < -0.4 is 30.5 Å². The number of aromatic nitrogens is 2. The van der Waals surface area contributed by atoms with Gasteiger partial charge in [0.15, 0.2) is 33.1 Å². The number of halogens is 4. The number of para-hydroxylation sites is 1. The highest BCUT2D eigenvalue weighted by molar-refractivity contribution is 7.92. The number of hydrogen-bond acceptors (Lipinski definition) is 14. The van der Waals surface area contributed by atoms with Crippen molar-refractivity contribution in [1.29, 1.82) is 0 Å². The fourth-order valence-corrected chi connectivity index (χ4v) is 9.53. The lowest BCUT2D eigenvalue weighted by atomic mass is 9.95. The predicted octanol–water partition coefficient (Wildman–Crippen LogP) is 6.75. The van der Waals surface area contributed by atoms with Crippen LogP contribution in [0.1, 0.15) is 90.6 Å². The molecule has 16 nitrogen and oxygen atoms in total. The molecular formula is C46H51ClF3N9O7S. The lowest BCUT2D eigenvalue weighted by molar-refractivity contribution is -0.136. The largest absolute Gasteiger partial charge is 0.489 e. The molecule has 356 valence electrons. The van der Waals surface area contributed by atoms with E-state index < -0.39 is 129 Å². The number of benzene rings is 3. The molecule has 8 rings (SSSR count). The van der Waals surface area contributed by atoms with Gasteiger partial charge in [0.2, 0.25) is 17.8 Å². The number of amides is 4. The van der Waals surface area contributed by atoms with E-state index in [4.69, 9.17) is 27.3 Å². The number of rotatable bonds is 13. The molecule has 3 aromatic carbocycles. The highest BCUT2D eigenvalue weighted by Gasteiger charge is 2.50. The van der Waals surface area contributed by atoms with Gasteiger partial charge in [0.25, 0.3) is 11.8 Å². The topological polar surface area (TPSA) is 186 Å². The van der Waals surface area contributed by atoms with Gasteiger partial charge in [-0.25, -0.2) is 26.6 Å². The number of carbonyl (C=O) groups is 4. The van der Waals surface area contributed by atoms with Crippen LogP contribution in [0.2, 0.25) is 5.02 Å². The number of nitrogens with one attached hydrogen (secondary N) is 3. The van der Waals surface area contributed by atoms with Crippen LogP contribution >= 0.6 is 11.6 Å². The number of sulfone groups is 1. The van der Waals surface area contributed by atoms with Crippen molar-refractivity contribution in [2.24, 2.45) is 5.92 Å². The van der Waals surface area contributed by atoms with Crippen LogP contribution in [0.15, 0.2) is 47.5 Å². The van der Waals surface area contributed by atoms with E-state index >= 15 is 13.2 Å². The van der Waals surface area contributed by atoms with Gasteiger partial charge in [-0.1, -0.05) is 23.7 Å². The average Bonchev–Trinajstić information content (AvgIpc) is 3.60. The summed E-state index contributed by atoms with van der Waals surface area (Å²) in [6, 6.07) is 8.15. The molecule has 1 atom stereocenters. The molecule has 1 aromatic heterocycles. The van der Waals surface area contributed by atoms with Gasteiger partial charge in [-0.05, 0) is 83.6 Å². The van der Waals surface area contributed by atoms with Crippen LogP contribution in [-0.4, -0.2) is 115 Å². The number of piperazine rings is 1. The second kappa shape index (κ2) is 19.0. The molecule has 67 heavy (non-hydrogen) atoms. The zero-order valence-electron chi connectivity index (χ0n) is 44.8. The van der Waals surface area contributed by atoms with Crippen LogP contribution in [0, 0.1) is 30.3 Å². The molecule has 1 unspecified atom stereocenters. The molecule has 4 aliphatic rings. The molecule has 0 spiro atoms. The number of aryl methyl sites for hydroxylation is 1. The minimum atomic E-state index is -3.93. The Morgan fingerprint density at radius 1 is 0.896 bits per heavy atom. The molecular weight excluding hydrogens is 915 g/mol. The first-order valence-corrected chi connectivity index (χ1v) is 23.2. The van der Waals surface area contributed by atoms with E-state index in [0.717, 1.165) is 11.3 Å². The molecule has 3 fully saturated rings. The number of hydrogen-bond donors (Lipinski definition) is 3. The Bertz CT molecular complexity index is 3130. The molecule has 3 N–H and O–H groups in total. The Kier molecular flexibility index (Phi) is 10.8. The zero-order chi connectivity index (χ0) is 55.2. The molecule has 4 aliphatic heterocycles. The summed E-state index contributed by atoms with van der Waals surface area (Å²) in [4.78, 5) is 62.0. The van der Waals surface area contributed by atoms with Crippen molar-refractivity contribution >= 4 is 79.6 Å². The Hall–Kier alpha value is -5.99. The number of fused-ring (bicyclic) bond motifs is 1. The van der Waals surface area contributed by atoms with E-state index in [0.29, 0.717) is 16.3 Å². The van der Waals surface area contributed by atoms with Crippen molar-refractivity contribution in [3.63, 3.8) is 0 Å². The first kappa shape index (κ1) is 38.0. The maximum atomic E-state index is 16.7. The summed E-state index contributed by atoms with van der Waals surface area (Å²) in [7, 11) is -3.69. The zero-order valence-corrected chi connectivity index (χ0v) is 38.3. The highest BCUT2D eigenvalue weighted by atomic mass is 35.5. The summed E-state index contributed by atoms with van der Waals surface area (Å²) in [5, 5.41) is 7.47. The van der Waals surface area contributed by atoms with E-state index in [2.05, 4.69) is 20.6 Å². The Balaban J connectivity index is 1.02. The summed E-state index contributed by atoms with van der Waals surface area (Å²) in [6.07, 6.45) is 0.636. The summed E-state index contributed by atoms with van der Waals surface area (Å²) in [5.41, 5.74) is -2.86. The monoisotopic (exact) mass is 973 g/mol. The number of carbonyl (C=O) groups excluding carboxylic acids is 4. The van der Waals surface area contributed by atoms with Gasteiger partial charge >= 0.3 is 0 Å². The van der Waals surface area contributed by atoms with Gasteiger partial charge in [0.05, 0.1) is 50.4 Å². The van der Waals surface area contributed by atoms with Crippen LogP contribution in [0.4, 0.5) is 47.7 Å².